The van der Waals surface area contributed by atoms with Crippen molar-refractivity contribution in [1.82, 2.24) is 19.7 Å². The largest absolute Gasteiger partial charge is 0.505 e. The van der Waals surface area contributed by atoms with Gasteiger partial charge in [-0.05, 0) is 46.1 Å². The number of rotatable bonds is 5. The highest BCUT2D eigenvalue weighted by Gasteiger charge is 2.28. The lowest BCUT2D eigenvalue weighted by Crippen LogP contribution is -2.49. The smallest absolute Gasteiger partial charge is 0.257 e. The summed E-state index contributed by atoms with van der Waals surface area (Å²) in [6.07, 6.45) is 3.71. The van der Waals surface area contributed by atoms with Crippen molar-refractivity contribution in [3.8, 4) is 5.75 Å². The molecule has 1 aliphatic rings. The average molecular weight is 356 g/mol. The second-order valence-electron chi connectivity index (χ2n) is 7.37. The molecule has 6 nitrogen and oxygen atoms in total. The van der Waals surface area contributed by atoms with Gasteiger partial charge in [0.05, 0.1) is 5.56 Å². The van der Waals surface area contributed by atoms with E-state index in [1.54, 1.807) is 12.3 Å². The summed E-state index contributed by atoms with van der Waals surface area (Å²) in [6, 6.07) is 7.61. The van der Waals surface area contributed by atoms with E-state index >= 15 is 0 Å². The van der Waals surface area contributed by atoms with Gasteiger partial charge in [0, 0.05) is 43.8 Å². The van der Waals surface area contributed by atoms with Gasteiger partial charge >= 0.3 is 0 Å². The predicted octanol–water partition coefficient (Wildman–Crippen LogP) is 2.04. The number of benzene rings is 1. The van der Waals surface area contributed by atoms with Crippen molar-refractivity contribution < 1.29 is 9.90 Å². The van der Waals surface area contributed by atoms with Crippen LogP contribution in [0.4, 0.5) is 0 Å². The predicted molar refractivity (Wildman–Crippen MR) is 104 cm³/mol. The van der Waals surface area contributed by atoms with Crippen LogP contribution in [0.3, 0.4) is 0 Å². The lowest BCUT2D eigenvalue weighted by molar-refractivity contribution is 0.0601. The van der Waals surface area contributed by atoms with Crippen LogP contribution < -0.4 is 0 Å². The highest BCUT2D eigenvalue weighted by Crippen LogP contribution is 2.28. The highest BCUT2D eigenvalue weighted by atomic mass is 16.3. The van der Waals surface area contributed by atoms with E-state index in [2.05, 4.69) is 35.9 Å². The van der Waals surface area contributed by atoms with E-state index in [0.717, 1.165) is 37.9 Å². The molecule has 1 saturated heterocycles. The molecule has 1 unspecified atom stereocenters. The lowest BCUT2D eigenvalue weighted by Gasteiger charge is -2.38. The van der Waals surface area contributed by atoms with E-state index < -0.39 is 0 Å². The number of likely N-dealkylation sites (tertiary alicyclic amines) is 1. The van der Waals surface area contributed by atoms with Crippen molar-refractivity contribution in [2.45, 2.75) is 18.9 Å². The minimum absolute atomic E-state index is 0.0174. The van der Waals surface area contributed by atoms with Crippen LogP contribution in [0.15, 0.2) is 30.5 Å². The number of carbonyl (C=O) groups is 1. The Morgan fingerprint density at radius 3 is 2.85 bits per heavy atom. The van der Waals surface area contributed by atoms with Crippen LogP contribution in [0.1, 0.15) is 23.2 Å². The van der Waals surface area contributed by atoms with Gasteiger partial charge in [0.2, 0.25) is 0 Å². The third kappa shape index (κ3) is 3.97. The second-order valence-corrected chi connectivity index (χ2v) is 7.37. The molecule has 26 heavy (non-hydrogen) atoms. The molecule has 1 fully saturated rings. The van der Waals surface area contributed by atoms with E-state index in [1.165, 1.54) is 0 Å². The molecule has 0 aliphatic carbocycles. The molecule has 0 radical (unpaired) electrons. The Kier molecular flexibility index (Phi) is 5.74. The van der Waals surface area contributed by atoms with Crippen molar-refractivity contribution in [2.75, 3.05) is 47.3 Å². The zero-order valence-electron chi connectivity index (χ0n) is 15.9. The third-order valence-electron chi connectivity index (χ3n) is 5.19. The number of hydrogen-bond donors (Lipinski definition) is 1. The number of aromatic nitrogens is 1. The van der Waals surface area contributed by atoms with E-state index in [9.17, 15) is 9.90 Å². The van der Waals surface area contributed by atoms with Gasteiger partial charge in [0.15, 0.2) is 5.75 Å². The van der Waals surface area contributed by atoms with Gasteiger partial charge < -0.3 is 19.8 Å². The number of piperidine rings is 1. The molecular weight excluding hydrogens is 328 g/mol. The first-order valence-corrected chi connectivity index (χ1v) is 9.18. The van der Waals surface area contributed by atoms with Crippen LogP contribution in [0.25, 0.3) is 10.9 Å². The van der Waals surface area contributed by atoms with Crippen LogP contribution in [-0.2, 0) is 0 Å². The molecule has 2 aromatic rings. The number of hydrogen-bond acceptors (Lipinski definition) is 5. The minimum Gasteiger partial charge on any atom is -0.505 e. The number of phenols is 1. The standard InChI is InChI=1S/C20H28N4O2/c1-22(2)12-13-23(3)16-7-5-11-24(14-16)20(26)17-9-8-15-6-4-10-21-18(15)19(17)25/h4,6,8-10,16,25H,5,7,11-14H2,1-3H3. The molecule has 140 valence electrons. The van der Waals surface area contributed by atoms with Gasteiger partial charge in [-0.15, -0.1) is 0 Å². The quantitative estimate of drug-likeness (QED) is 0.888. The number of phenolic OH excluding ortho intramolecular Hbond substituents is 1. The first kappa shape index (κ1) is 18.6. The normalized spacial score (nSPS) is 18.0. The van der Waals surface area contributed by atoms with E-state index in [4.69, 9.17) is 0 Å². The maximum atomic E-state index is 13.0. The van der Waals surface area contributed by atoms with Gasteiger partial charge in [0.25, 0.3) is 5.91 Å². The number of nitrogens with zero attached hydrogens (tertiary/aromatic N) is 4. The summed E-state index contributed by atoms with van der Waals surface area (Å²) in [4.78, 5) is 23.6. The highest BCUT2D eigenvalue weighted by molar-refractivity contribution is 6.02. The molecule has 1 aliphatic heterocycles. The molecule has 0 bridgehead atoms. The Hall–Kier alpha value is -2.18. The van der Waals surface area contributed by atoms with Gasteiger partial charge in [0.1, 0.15) is 5.52 Å². The first-order valence-electron chi connectivity index (χ1n) is 9.18. The maximum absolute atomic E-state index is 13.0. The molecule has 1 aromatic heterocycles. The molecular formula is C20H28N4O2. The molecule has 2 heterocycles. The van der Waals surface area contributed by atoms with Crippen molar-refractivity contribution in [3.63, 3.8) is 0 Å². The number of likely N-dealkylation sites (N-methyl/N-ethyl adjacent to an activating group) is 2. The Balaban J connectivity index is 1.74. The van der Waals surface area contributed by atoms with Gasteiger partial charge in [-0.1, -0.05) is 12.1 Å². The summed E-state index contributed by atoms with van der Waals surface area (Å²) in [5, 5.41) is 11.4. The molecule has 0 spiro atoms. The molecule has 6 heteroatoms. The summed E-state index contributed by atoms with van der Waals surface area (Å²) in [5.74, 6) is -0.128. The van der Waals surface area contributed by atoms with Crippen molar-refractivity contribution >= 4 is 16.8 Å². The second kappa shape index (κ2) is 8.01. The molecule has 3 rings (SSSR count). The molecule has 1 amide bonds. The van der Waals surface area contributed by atoms with Crippen molar-refractivity contribution in [1.29, 1.82) is 0 Å². The fourth-order valence-electron chi connectivity index (χ4n) is 3.51. The van der Waals surface area contributed by atoms with Crippen molar-refractivity contribution in [3.05, 3.63) is 36.0 Å². The Bertz CT molecular complexity index is 777. The van der Waals surface area contributed by atoms with Crippen LogP contribution in [-0.4, -0.2) is 84.1 Å². The Morgan fingerprint density at radius 1 is 1.27 bits per heavy atom. The number of carbonyl (C=O) groups excluding carboxylic acids is 1. The monoisotopic (exact) mass is 356 g/mol. The van der Waals surface area contributed by atoms with Gasteiger partial charge in [-0.25, -0.2) is 0 Å². The Labute approximate surface area is 155 Å². The number of pyridine rings is 1. The first-order chi connectivity index (χ1) is 12.5. The fraction of sp³-hybridized carbons (Fsp3) is 0.500. The topological polar surface area (TPSA) is 59.9 Å². The summed E-state index contributed by atoms with van der Waals surface area (Å²) < 4.78 is 0. The third-order valence-corrected chi connectivity index (χ3v) is 5.19. The van der Waals surface area contributed by atoms with Gasteiger partial charge in [-0.2, -0.15) is 0 Å². The molecule has 1 atom stereocenters. The zero-order valence-corrected chi connectivity index (χ0v) is 15.9. The van der Waals surface area contributed by atoms with E-state index in [0.29, 0.717) is 23.7 Å². The van der Waals surface area contributed by atoms with E-state index in [-0.39, 0.29) is 11.7 Å². The van der Waals surface area contributed by atoms with E-state index in [1.807, 2.05) is 23.1 Å². The summed E-state index contributed by atoms with van der Waals surface area (Å²) in [6.45, 7) is 3.40. The maximum Gasteiger partial charge on any atom is 0.257 e. The summed E-state index contributed by atoms with van der Waals surface area (Å²) >= 11 is 0. The summed E-state index contributed by atoms with van der Waals surface area (Å²) in [7, 11) is 6.27. The zero-order chi connectivity index (χ0) is 18.7. The van der Waals surface area contributed by atoms with Crippen LogP contribution in [0, 0.1) is 0 Å². The average Bonchev–Trinajstić information content (AvgIpc) is 2.66. The number of amides is 1. The number of fused-ring (bicyclic) bond motifs is 1. The van der Waals surface area contributed by atoms with Crippen LogP contribution in [0.2, 0.25) is 0 Å². The van der Waals surface area contributed by atoms with Crippen molar-refractivity contribution in [2.24, 2.45) is 0 Å². The SMILES string of the molecule is CN(C)CCN(C)C1CCCN(C(=O)c2ccc3cccnc3c2O)C1. The molecule has 1 aromatic carbocycles. The van der Waals surface area contributed by atoms with Gasteiger partial charge in [-0.3, -0.25) is 9.78 Å². The molecule has 0 saturated carbocycles. The summed E-state index contributed by atoms with van der Waals surface area (Å²) in [5.41, 5.74) is 0.822. The molecule has 1 N–H and O–H groups in total. The fourth-order valence-corrected chi connectivity index (χ4v) is 3.51. The minimum atomic E-state index is -0.110. The Morgan fingerprint density at radius 2 is 2.08 bits per heavy atom. The lowest BCUT2D eigenvalue weighted by atomic mass is 10.0. The number of aromatic hydroxyl groups is 1. The van der Waals surface area contributed by atoms with Crippen LogP contribution in [0.5, 0.6) is 5.75 Å². The van der Waals surface area contributed by atoms with Crippen LogP contribution >= 0.6 is 0 Å².